The maximum Gasteiger partial charge on any atom is 0.332 e. The van der Waals surface area contributed by atoms with E-state index in [1.54, 1.807) is 0 Å². The molecule has 1 aromatic heterocycles. The molecule has 1 atom stereocenters. The Bertz CT molecular complexity index is 237. The molecular formula is C6H9ClN2O3. The molecule has 0 aromatic carbocycles. The number of hydrogen-bond donors (Lipinski definition) is 3. The van der Waals surface area contributed by atoms with Crippen molar-refractivity contribution < 1.29 is 15.0 Å². The molecule has 1 rings (SSSR count). The van der Waals surface area contributed by atoms with E-state index in [9.17, 15) is 4.79 Å². The predicted octanol–water partition coefficient (Wildman–Crippen LogP) is -0.181. The van der Waals surface area contributed by atoms with Crippen molar-refractivity contribution in [1.82, 2.24) is 9.97 Å². The van der Waals surface area contributed by atoms with Gasteiger partial charge in [-0.25, -0.2) is 9.78 Å². The van der Waals surface area contributed by atoms with Gasteiger partial charge >= 0.3 is 5.97 Å². The number of nitrogens with one attached hydrogen (secondary N) is 1. The normalized spacial score (nSPS) is 11.8. The second kappa shape index (κ2) is 4.74. The van der Waals surface area contributed by atoms with Crippen LogP contribution in [0.15, 0.2) is 12.5 Å². The Balaban J connectivity index is 0.00000121. The Kier molecular flexibility index (Phi) is 4.31. The average Bonchev–Trinajstić information content (AvgIpc) is 2.39. The Hall–Kier alpha value is -1.07. The maximum absolute atomic E-state index is 10.1. The highest BCUT2D eigenvalue weighted by atomic mass is 35.5. The molecule has 68 valence electrons. The first-order valence-corrected chi connectivity index (χ1v) is 3.08. The van der Waals surface area contributed by atoms with Gasteiger partial charge in [0.2, 0.25) is 0 Å². The zero-order valence-electron chi connectivity index (χ0n) is 6.10. The highest BCUT2D eigenvalue weighted by molar-refractivity contribution is 5.85. The molecule has 0 aliphatic rings. The highest BCUT2D eigenvalue weighted by Gasteiger charge is 2.13. The molecule has 0 bridgehead atoms. The molecule has 6 heteroatoms. The van der Waals surface area contributed by atoms with Crippen LogP contribution in [0.2, 0.25) is 0 Å². The van der Waals surface area contributed by atoms with Crippen LogP contribution < -0.4 is 0 Å². The molecule has 0 spiro atoms. The predicted molar refractivity (Wildman–Crippen MR) is 43.2 cm³/mol. The number of imidazole rings is 1. The number of rotatable bonds is 3. The maximum atomic E-state index is 10.1. The number of halogens is 1. The van der Waals surface area contributed by atoms with E-state index in [1.807, 2.05) is 0 Å². The Morgan fingerprint density at radius 1 is 1.75 bits per heavy atom. The summed E-state index contributed by atoms with van der Waals surface area (Å²) in [6.45, 7) is 0. The molecule has 0 radical (unpaired) electrons. The van der Waals surface area contributed by atoms with Crippen molar-refractivity contribution in [1.29, 1.82) is 0 Å². The molecular weight excluding hydrogens is 184 g/mol. The van der Waals surface area contributed by atoms with Gasteiger partial charge in [0.1, 0.15) is 0 Å². The molecule has 0 unspecified atom stereocenters. The first kappa shape index (κ1) is 10.9. The van der Waals surface area contributed by atoms with Gasteiger partial charge in [0.25, 0.3) is 0 Å². The number of H-pyrrole nitrogens is 1. The molecule has 0 fully saturated rings. The fourth-order valence-electron chi connectivity index (χ4n) is 0.692. The molecule has 0 saturated carbocycles. The van der Waals surface area contributed by atoms with Crippen molar-refractivity contribution in [2.75, 3.05) is 0 Å². The van der Waals surface area contributed by atoms with E-state index in [4.69, 9.17) is 10.2 Å². The van der Waals surface area contributed by atoms with Gasteiger partial charge in [-0.2, -0.15) is 0 Å². The van der Waals surface area contributed by atoms with Crippen LogP contribution in [0.5, 0.6) is 0 Å². The number of aromatic amines is 1. The van der Waals surface area contributed by atoms with Crippen LogP contribution in [0.25, 0.3) is 0 Å². The minimum atomic E-state index is -1.35. The number of aliphatic hydroxyl groups is 1. The average molecular weight is 193 g/mol. The topological polar surface area (TPSA) is 86.2 Å². The largest absolute Gasteiger partial charge is 0.479 e. The number of carboxylic acid groups (broad SMARTS) is 1. The van der Waals surface area contributed by atoms with E-state index in [0.29, 0.717) is 5.69 Å². The van der Waals surface area contributed by atoms with Gasteiger partial charge in [-0.1, -0.05) is 0 Å². The second-order valence-electron chi connectivity index (χ2n) is 2.14. The van der Waals surface area contributed by atoms with E-state index in [1.165, 1.54) is 12.5 Å². The number of carboxylic acids is 1. The molecule has 5 nitrogen and oxygen atoms in total. The Morgan fingerprint density at radius 3 is 2.83 bits per heavy atom. The summed E-state index contributed by atoms with van der Waals surface area (Å²) in [4.78, 5) is 16.5. The lowest BCUT2D eigenvalue weighted by atomic mass is 10.2. The van der Waals surface area contributed by atoms with Crippen molar-refractivity contribution in [3.8, 4) is 0 Å². The van der Waals surface area contributed by atoms with Gasteiger partial charge in [-0.05, 0) is 0 Å². The third kappa shape index (κ3) is 2.89. The van der Waals surface area contributed by atoms with Crippen LogP contribution in [0.3, 0.4) is 0 Å². The van der Waals surface area contributed by atoms with Crippen molar-refractivity contribution in [2.24, 2.45) is 0 Å². The van der Waals surface area contributed by atoms with E-state index in [-0.39, 0.29) is 18.8 Å². The smallest absolute Gasteiger partial charge is 0.332 e. The summed E-state index contributed by atoms with van der Waals surface area (Å²) in [6.07, 6.45) is 1.63. The van der Waals surface area contributed by atoms with E-state index < -0.39 is 12.1 Å². The fraction of sp³-hybridized carbons (Fsp3) is 0.333. The molecule has 0 aliphatic heterocycles. The molecule has 3 N–H and O–H groups in total. The van der Waals surface area contributed by atoms with Crippen LogP contribution in [0.1, 0.15) is 5.69 Å². The van der Waals surface area contributed by atoms with Crippen LogP contribution in [-0.4, -0.2) is 32.3 Å². The van der Waals surface area contributed by atoms with E-state index in [2.05, 4.69) is 9.97 Å². The lowest BCUT2D eigenvalue weighted by Gasteiger charge is -2.00. The van der Waals surface area contributed by atoms with Crippen molar-refractivity contribution in [3.05, 3.63) is 18.2 Å². The van der Waals surface area contributed by atoms with Crippen LogP contribution in [0, 0.1) is 0 Å². The van der Waals surface area contributed by atoms with Gasteiger partial charge in [0.05, 0.1) is 6.33 Å². The van der Waals surface area contributed by atoms with E-state index >= 15 is 0 Å². The lowest BCUT2D eigenvalue weighted by molar-refractivity contribution is -0.146. The summed E-state index contributed by atoms with van der Waals surface area (Å²) in [5.74, 6) is -1.22. The summed E-state index contributed by atoms with van der Waals surface area (Å²) in [5.41, 5.74) is 0.611. The highest BCUT2D eigenvalue weighted by Crippen LogP contribution is 1.97. The third-order valence-corrected chi connectivity index (χ3v) is 1.25. The second-order valence-corrected chi connectivity index (χ2v) is 2.14. The molecule has 1 heterocycles. The first-order chi connectivity index (χ1) is 5.20. The molecule has 0 saturated heterocycles. The van der Waals surface area contributed by atoms with Crippen molar-refractivity contribution >= 4 is 18.4 Å². The minimum Gasteiger partial charge on any atom is -0.479 e. The van der Waals surface area contributed by atoms with E-state index in [0.717, 1.165) is 0 Å². The van der Waals surface area contributed by atoms with Crippen LogP contribution >= 0.6 is 12.4 Å². The van der Waals surface area contributed by atoms with Crippen LogP contribution in [0.4, 0.5) is 0 Å². The monoisotopic (exact) mass is 192 g/mol. The van der Waals surface area contributed by atoms with Crippen LogP contribution in [-0.2, 0) is 11.2 Å². The zero-order valence-corrected chi connectivity index (χ0v) is 6.91. The Labute approximate surface area is 74.9 Å². The molecule has 1 aromatic rings. The first-order valence-electron chi connectivity index (χ1n) is 3.08. The lowest BCUT2D eigenvalue weighted by Crippen LogP contribution is -2.22. The summed E-state index contributed by atoms with van der Waals surface area (Å²) in [5, 5.41) is 17.1. The van der Waals surface area contributed by atoms with Gasteiger partial charge in [-0.3, -0.25) is 0 Å². The summed E-state index contributed by atoms with van der Waals surface area (Å²) < 4.78 is 0. The molecule has 12 heavy (non-hydrogen) atoms. The van der Waals surface area contributed by atoms with Crippen molar-refractivity contribution in [3.63, 3.8) is 0 Å². The number of carbonyl (C=O) groups is 1. The quantitative estimate of drug-likeness (QED) is 0.620. The number of aliphatic hydroxyl groups excluding tert-OH is 1. The van der Waals surface area contributed by atoms with Gasteiger partial charge in [0, 0.05) is 18.3 Å². The summed E-state index contributed by atoms with van der Waals surface area (Å²) >= 11 is 0. The summed E-state index contributed by atoms with van der Waals surface area (Å²) in [7, 11) is 0. The molecule has 0 aliphatic carbocycles. The fourth-order valence-corrected chi connectivity index (χ4v) is 0.692. The van der Waals surface area contributed by atoms with Gasteiger partial charge < -0.3 is 15.2 Å². The number of aromatic nitrogens is 2. The van der Waals surface area contributed by atoms with Crippen molar-refractivity contribution in [2.45, 2.75) is 12.5 Å². The number of nitrogens with zero attached hydrogens (tertiary/aromatic N) is 1. The number of aliphatic carboxylic acids is 1. The minimum absolute atomic E-state index is 0. The van der Waals surface area contributed by atoms with Gasteiger partial charge in [0.15, 0.2) is 6.10 Å². The van der Waals surface area contributed by atoms with Gasteiger partial charge in [-0.15, -0.1) is 12.4 Å². The SMILES string of the molecule is Cl.O=C(O)[C@@H](O)Cc1cnc[nH]1. The zero-order chi connectivity index (χ0) is 8.27. The summed E-state index contributed by atoms with van der Waals surface area (Å²) in [6, 6.07) is 0. The number of hydrogen-bond acceptors (Lipinski definition) is 3. The standard InChI is InChI=1S/C6H8N2O3.ClH/c9-5(6(10)11)1-4-2-7-3-8-4;/h2-3,5,9H,1H2,(H,7,8)(H,10,11);1H/t5-;/m0./s1. The Morgan fingerprint density at radius 2 is 2.42 bits per heavy atom. The molecule has 0 amide bonds. The third-order valence-electron chi connectivity index (χ3n) is 1.25.